The quantitative estimate of drug-likeness (QED) is 0.315. The Kier molecular flexibility index (Phi) is 10.8. The summed E-state index contributed by atoms with van der Waals surface area (Å²) in [6, 6.07) is 0. The predicted octanol–water partition coefficient (Wildman–Crippen LogP) is 5.74. The van der Waals surface area contributed by atoms with Crippen molar-refractivity contribution in [3.05, 3.63) is 71.4 Å². The molecule has 0 radical (unpaired) electrons. The maximum atomic E-state index is 10.3. The van der Waals surface area contributed by atoms with Gasteiger partial charge in [0.2, 0.25) is 0 Å². The Bertz CT molecular complexity index is 478. The zero-order valence-electron chi connectivity index (χ0n) is 14.0. The third-order valence-electron chi connectivity index (χ3n) is 2.81. The summed E-state index contributed by atoms with van der Waals surface area (Å²) < 4.78 is 0. The molecular weight excluding hydrogens is 256 g/mol. The van der Waals surface area contributed by atoms with Gasteiger partial charge in [0.15, 0.2) is 0 Å². The molecule has 0 saturated carbocycles. The van der Waals surface area contributed by atoms with Crippen molar-refractivity contribution in [1.82, 2.24) is 0 Å². The van der Waals surface area contributed by atoms with E-state index in [1.807, 2.05) is 25.2 Å². The molecule has 114 valence electrons. The molecule has 0 heterocycles. The van der Waals surface area contributed by atoms with Crippen LogP contribution in [-0.4, -0.2) is 6.29 Å². The van der Waals surface area contributed by atoms with Crippen LogP contribution in [0.1, 0.15) is 41.0 Å². The summed E-state index contributed by atoms with van der Waals surface area (Å²) in [6.45, 7) is 10.4. The third-order valence-corrected chi connectivity index (χ3v) is 2.81. The van der Waals surface area contributed by atoms with Gasteiger partial charge in [0.25, 0.3) is 0 Å². The summed E-state index contributed by atoms with van der Waals surface area (Å²) in [5.74, 6) is 0.540. The van der Waals surface area contributed by atoms with Crippen LogP contribution in [0.4, 0.5) is 0 Å². The van der Waals surface area contributed by atoms with Gasteiger partial charge >= 0.3 is 0 Å². The van der Waals surface area contributed by atoms with Gasteiger partial charge in [-0.2, -0.15) is 0 Å². The molecule has 0 N–H and O–H groups in total. The molecule has 21 heavy (non-hydrogen) atoms. The van der Waals surface area contributed by atoms with Crippen molar-refractivity contribution in [2.75, 3.05) is 0 Å². The lowest BCUT2D eigenvalue weighted by atomic mass is 10.1. The van der Waals surface area contributed by atoms with E-state index >= 15 is 0 Å². The highest BCUT2D eigenvalue weighted by molar-refractivity contribution is 5.66. The van der Waals surface area contributed by atoms with E-state index in [-0.39, 0.29) is 0 Å². The first kappa shape index (κ1) is 19.1. The van der Waals surface area contributed by atoms with E-state index in [1.165, 1.54) is 11.1 Å². The number of carbonyl (C=O) groups is 1. The van der Waals surface area contributed by atoms with Gasteiger partial charge in [-0.05, 0) is 51.7 Å². The average molecular weight is 284 g/mol. The fourth-order valence-electron chi connectivity index (χ4n) is 1.55. The predicted molar refractivity (Wildman–Crippen MR) is 94.2 cm³/mol. The van der Waals surface area contributed by atoms with Crippen molar-refractivity contribution in [3.63, 3.8) is 0 Å². The normalized spacial score (nSPS) is 15.1. The number of aldehydes is 1. The fraction of sp³-hybridized carbons (Fsp3) is 0.350. The second-order valence-electron chi connectivity index (χ2n) is 5.56. The summed E-state index contributed by atoms with van der Waals surface area (Å²) >= 11 is 0. The first-order valence-corrected chi connectivity index (χ1v) is 7.41. The topological polar surface area (TPSA) is 17.1 Å². The van der Waals surface area contributed by atoms with Gasteiger partial charge in [-0.25, -0.2) is 0 Å². The van der Waals surface area contributed by atoms with Gasteiger partial charge in [0, 0.05) is 0 Å². The fourth-order valence-corrected chi connectivity index (χ4v) is 1.55. The smallest absolute Gasteiger partial charge is 0.143 e. The van der Waals surface area contributed by atoms with Gasteiger partial charge in [-0.15, -0.1) is 0 Å². The zero-order chi connectivity index (χ0) is 16.1. The van der Waals surface area contributed by atoms with Crippen LogP contribution < -0.4 is 0 Å². The SMILES string of the molecule is CC(C)=C/C=C/C(C)C/C=C/C(C)=C/C=C/C(C)=C/C=O. The van der Waals surface area contributed by atoms with E-state index in [2.05, 4.69) is 58.1 Å². The molecule has 0 aromatic heterocycles. The van der Waals surface area contributed by atoms with Crippen LogP contribution in [0.25, 0.3) is 0 Å². The lowest BCUT2D eigenvalue weighted by Crippen LogP contribution is -1.85. The molecule has 0 amide bonds. The summed E-state index contributed by atoms with van der Waals surface area (Å²) in [5.41, 5.74) is 3.47. The maximum Gasteiger partial charge on any atom is 0.143 e. The maximum absolute atomic E-state index is 10.3. The number of rotatable bonds is 8. The molecule has 0 aromatic carbocycles. The van der Waals surface area contributed by atoms with Crippen LogP contribution in [0.2, 0.25) is 0 Å². The molecule has 1 unspecified atom stereocenters. The Morgan fingerprint density at radius 1 is 0.905 bits per heavy atom. The Labute approximate surface area is 130 Å². The lowest BCUT2D eigenvalue weighted by molar-refractivity contribution is -0.104. The minimum atomic E-state index is 0.540. The van der Waals surface area contributed by atoms with Crippen LogP contribution in [0.3, 0.4) is 0 Å². The van der Waals surface area contributed by atoms with Crippen molar-refractivity contribution in [2.45, 2.75) is 41.0 Å². The van der Waals surface area contributed by atoms with Crippen molar-refractivity contribution in [1.29, 1.82) is 0 Å². The molecule has 0 bridgehead atoms. The zero-order valence-corrected chi connectivity index (χ0v) is 14.0. The molecule has 1 heteroatoms. The molecule has 0 aromatic rings. The van der Waals surface area contributed by atoms with Gasteiger partial charge < -0.3 is 0 Å². The molecule has 0 rings (SSSR count). The van der Waals surface area contributed by atoms with Crippen LogP contribution >= 0.6 is 0 Å². The van der Waals surface area contributed by atoms with E-state index in [0.29, 0.717) is 5.92 Å². The van der Waals surface area contributed by atoms with Crippen molar-refractivity contribution >= 4 is 6.29 Å². The third kappa shape index (κ3) is 12.9. The molecule has 0 spiro atoms. The van der Waals surface area contributed by atoms with Crippen LogP contribution in [-0.2, 0) is 4.79 Å². The molecule has 0 aliphatic carbocycles. The van der Waals surface area contributed by atoms with E-state index in [1.54, 1.807) is 6.08 Å². The second-order valence-corrected chi connectivity index (χ2v) is 5.56. The Morgan fingerprint density at radius 3 is 2.19 bits per heavy atom. The minimum absolute atomic E-state index is 0.540. The summed E-state index contributed by atoms with van der Waals surface area (Å²) in [4.78, 5) is 10.3. The van der Waals surface area contributed by atoms with Gasteiger partial charge in [0.1, 0.15) is 6.29 Å². The van der Waals surface area contributed by atoms with E-state index in [4.69, 9.17) is 0 Å². The molecule has 0 aliphatic rings. The number of carbonyl (C=O) groups excluding carboxylic acids is 1. The minimum Gasteiger partial charge on any atom is -0.299 e. The molecule has 0 saturated heterocycles. The molecular formula is C20H28O. The Balaban J connectivity index is 4.29. The Hall–Kier alpha value is -1.89. The van der Waals surface area contributed by atoms with Crippen molar-refractivity contribution < 1.29 is 4.79 Å². The summed E-state index contributed by atoms with van der Waals surface area (Å²) in [5, 5.41) is 0. The first-order chi connectivity index (χ1) is 9.95. The Morgan fingerprint density at radius 2 is 1.57 bits per heavy atom. The molecule has 1 atom stereocenters. The second kappa shape index (κ2) is 11.9. The van der Waals surface area contributed by atoms with E-state index < -0.39 is 0 Å². The first-order valence-electron chi connectivity index (χ1n) is 7.41. The van der Waals surface area contributed by atoms with Crippen LogP contribution in [0.15, 0.2) is 71.4 Å². The van der Waals surface area contributed by atoms with Crippen molar-refractivity contribution in [2.24, 2.45) is 5.92 Å². The average Bonchev–Trinajstić information content (AvgIpc) is 2.38. The largest absolute Gasteiger partial charge is 0.299 e. The number of hydrogen-bond donors (Lipinski definition) is 0. The van der Waals surface area contributed by atoms with E-state index in [0.717, 1.165) is 18.3 Å². The number of hydrogen-bond acceptors (Lipinski definition) is 1. The van der Waals surface area contributed by atoms with Gasteiger partial charge in [-0.3, -0.25) is 4.79 Å². The molecule has 0 fully saturated rings. The lowest BCUT2D eigenvalue weighted by Gasteiger charge is -2.00. The van der Waals surface area contributed by atoms with Gasteiger partial charge in [-0.1, -0.05) is 66.7 Å². The van der Waals surface area contributed by atoms with Crippen LogP contribution in [0.5, 0.6) is 0 Å². The number of allylic oxidation sites excluding steroid dienone is 12. The van der Waals surface area contributed by atoms with Crippen LogP contribution in [0, 0.1) is 5.92 Å². The highest BCUT2D eigenvalue weighted by Gasteiger charge is 1.91. The monoisotopic (exact) mass is 284 g/mol. The highest BCUT2D eigenvalue weighted by atomic mass is 16.1. The molecule has 1 nitrogen and oxygen atoms in total. The van der Waals surface area contributed by atoms with E-state index in [9.17, 15) is 4.79 Å². The highest BCUT2D eigenvalue weighted by Crippen LogP contribution is 2.07. The summed E-state index contributed by atoms with van der Waals surface area (Å²) in [6.07, 6.45) is 20.1. The van der Waals surface area contributed by atoms with Gasteiger partial charge in [0.05, 0.1) is 0 Å². The summed E-state index contributed by atoms with van der Waals surface area (Å²) in [7, 11) is 0. The molecule has 0 aliphatic heterocycles. The standard InChI is InChI=1S/C20H28O/c1-17(2)9-6-10-18(3)11-7-12-19(4)13-8-14-20(5)15-16-21/h6-10,12-16,18H,11H2,1-5H3/b10-6+,12-7+,14-8+,19-13+,20-15+. The van der Waals surface area contributed by atoms with Crippen molar-refractivity contribution in [3.8, 4) is 0 Å².